The number of ketones is 1. The Balaban J connectivity index is 1.88. The van der Waals surface area contributed by atoms with Gasteiger partial charge < -0.3 is 14.6 Å². The normalized spacial score (nSPS) is 26.2. The largest absolute Gasteiger partial charge is 0.497 e. The molecule has 0 bridgehead atoms. The Morgan fingerprint density at radius 2 is 1.92 bits per heavy atom. The van der Waals surface area contributed by atoms with Crippen LogP contribution in [0.4, 0.5) is 0 Å². The van der Waals surface area contributed by atoms with Crippen LogP contribution in [0.1, 0.15) is 36.5 Å². The second-order valence-corrected chi connectivity index (χ2v) is 5.82. The molecule has 0 spiro atoms. The van der Waals surface area contributed by atoms with Crippen molar-refractivity contribution in [3.8, 4) is 5.75 Å². The van der Waals surface area contributed by atoms with Gasteiger partial charge in [-0.1, -0.05) is 0 Å². The molecule has 1 aliphatic rings. The lowest BCUT2D eigenvalue weighted by Crippen LogP contribution is -2.41. The number of hydrogen-bond acceptors (Lipinski definition) is 7. The van der Waals surface area contributed by atoms with E-state index in [1.165, 1.54) is 14.0 Å². The van der Waals surface area contributed by atoms with Gasteiger partial charge in [0.1, 0.15) is 17.8 Å². The average molecular weight is 338 g/mol. The third-order valence-electron chi connectivity index (χ3n) is 4.05. The van der Waals surface area contributed by atoms with Crippen molar-refractivity contribution in [2.75, 3.05) is 14.2 Å². The summed E-state index contributed by atoms with van der Waals surface area (Å²) in [5, 5.41) is 10.0. The van der Waals surface area contributed by atoms with Gasteiger partial charge in [0.2, 0.25) is 5.79 Å². The Hall–Kier alpha value is -1.96. The van der Waals surface area contributed by atoms with Crippen LogP contribution in [-0.2, 0) is 19.3 Å². The molecular weight excluding hydrogens is 316 g/mol. The van der Waals surface area contributed by atoms with Crippen LogP contribution in [0.2, 0.25) is 0 Å². The molecule has 132 valence electrons. The molecule has 1 N–H and O–H groups in total. The zero-order chi connectivity index (χ0) is 17.7. The predicted molar refractivity (Wildman–Crippen MR) is 83.3 cm³/mol. The maximum absolute atomic E-state index is 12.2. The van der Waals surface area contributed by atoms with Crippen molar-refractivity contribution in [2.45, 2.75) is 38.1 Å². The summed E-state index contributed by atoms with van der Waals surface area (Å²) in [6, 6.07) is 6.87. The lowest BCUT2D eigenvalue weighted by Gasteiger charge is -2.21. The minimum absolute atomic E-state index is 0.0158. The fourth-order valence-electron chi connectivity index (χ4n) is 2.71. The highest BCUT2D eigenvalue weighted by Crippen LogP contribution is 2.35. The van der Waals surface area contributed by atoms with Crippen LogP contribution >= 0.6 is 0 Å². The molecule has 1 aromatic rings. The number of methoxy groups -OCH3 is 2. The third-order valence-corrected chi connectivity index (χ3v) is 4.05. The van der Waals surface area contributed by atoms with Gasteiger partial charge in [-0.15, -0.1) is 0 Å². The fraction of sp³-hybridized carbons (Fsp3) is 0.529. The molecule has 1 aromatic carbocycles. The molecule has 3 atom stereocenters. The average Bonchev–Trinajstić information content (AvgIpc) is 2.88. The Morgan fingerprint density at radius 1 is 1.25 bits per heavy atom. The van der Waals surface area contributed by atoms with Gasteiger partial charge >= 0.3 is 5.97 Å². The number of carbonyl (C=O) groups excluding carboxylic acids is 2. The molecule has 7 heteroatoms. The van der Waals surface area contributed by atoms with Crippen LogP contribution in [-0.4, -0.2) is 43.0 Å². The first kappa shape index (κ1) is 18.4. The van der Waals surface area contributed by atoms with Gasteiger partial charge in [-0.2, -0.15) is 0 Å². The van der Waals surface area contributed by atoms with E-state index in [9.17, 15) is 14.7 Å². The number of aliphatic hydroxyl groups is 1. The number of benzene rings is 1. The second-order valence-electron chi connectivity index (χ2n) is 5.82. The Labute approximate surface area is 140 Å². The van der Waals surface area contributed by atoms with Crippen molar-refractivity contribution in [1.29, 1.82) is 0 Å². The maximum atomic E-state index is 12.2. The molecule has 0 amide bonds. The molecule has 0 aliphatic carbocycles. The van der Waals surface area contributed by atoms with E-state index in [4.69, 9.17) is 14.5 Å². The van der Waals surface area contributed by atoms with Gasteiger partial charge in [0.25, 0.3) is 0 Å². The first-order chi connectivity index (χ1) is 11.4. The molecule has 7 nitrogen and oxygen atoms in total. The smallest absolute Gasteiger partial charge is 0.317 e. The summed E-state index contributed by atoms with van der Waals surface area (Å²) < 4.78 is 9.73. The van der Waals surface area contributed by atoms with E-state index < -0.39 is 23.8 Å². The van der Waals surface area contributed by atoms with Crippen molar-refractivity contribution < 1.29 is 33.9 Å². The highest BCUT2D eigenvalue weighted by Gasteiger charge is 2.52. The Bertz CT molecular complexity index is 579. The SMILES string of the molecule is COC(=O)C1C(CCCC(=O)c2ccc(OC)cc2)OOC1(C)O. The van der Waals surface area contributed by atoms with Gasteiger partial charge in [0.05, 0.1) is 14.2 Å². The van der Waals surface area contributed by atoms with Crippen molar-refractivity contribution in [2.24, 2.45) is 5.92 Å². The van der Waals surface area contributed by atoms with Gasteiger partial charge in [-0.3, -0.25) is 9.59 Å². The Kier molecular flexibility index (Phi) is 5.93. The van der Waals surface area contributed by atoms with Crippen molar-refractivity contribution >= 4 is 11.8 Å². The van der Waals surface area contributed by atoms with Crippen LogP contribution in [0.15, 0.2) is 24.3 Å². The summed E-state index contributed by atoms with van der Waals surface area (Å²) in [7, 11) is 2.80. The van der Waals surface area contributed by atoms with Crippen LogP contribution in [0.25, 0.3) is 0 Å². The van der Waals surface area contributed by atoms with Crippen molar-refractivity contribution in [3.05, 3.63) is 29.8 Å². The minimum Gasteiger partial charge on any atom is -0.497 e. The third kappa shape index (κ3) is 4.11. The van der Waals surface area contributed by atoms with Crippen molar-refractivity contribution in [3.63, 3.8) is 0 Å². The van der Waals surface area contributed by atoms with E-state index in [1.54, 1.807) is 31.4 Å². The number of esters is 1. The van der Waals surface area contributed by atoms with Gasteiger partial charge in [-0.25, -0.2) is 9.78 Å². The maximum Gasteiger partial charge on any atom is 0.317 e. The molecule has 1 aliphatic heterocycles. The molecule has 2 rings (SSSR count). The highest BCUT2D eigenvalue weighted by atomic mass is 17.2. The molecule has 3 unspecified atom stereocenters. The number of carbonyl (C=O) groups is 2. The molecule has 1 saturated heterocycles. The summed E-state index contributed by atoms with van der Waals surface area (Å²) >= 11 is 0. The quantitative estimate of drug-likeness (QED) is 0.461. The van der Waals surface area contributed by atoms with E-state index >= 15 is 0 Å². The van der Waals surface area contributed by atoms with Crippen LogP contribution < -0.4 is 4.74 Å². The van der Waals surface area contributed by atoms with Crippen LogP contribution in [0, 0.1) is 5.92 Å². The van der Waals surface area contributed by atoms with Crippen molar-refractivity contribution in [1.82, 2.24) is 0 Å². The topological polar surface area (TPSA) is 91.3 Å². The standard InChI is InChI=1S/C17H22O7/c1-17(20)15(16(19)22-3)14(23-24-17)6-4-5-13(18)11-7-9-12(21-2)10-8-11/h7-10,14-15,20H,4-6H2,1-3H3. The number of Topliss-reactive ketones (excluding diaryl/α,β-unsaturated/α-hetero) is 1. The van der Waals surface area contributed by atoms with E-state index in [2.05, 4.69) is 4.74 Å². The van der Waals surface area contributed by atoms with Gasteiger partial charge in [0.15, 0.2) is 5.78 Å². The van der Waals surface area contributed by atoms with Gasteiger partial charge in [0, 0.05) is 12.0 Å². The molecule has 1 fully saturated rings. The minimum atomic E-state index is -1.74. The lowest BCUT2D eigenvalue weighted by molar-refractivity contribution is -0.374. The molecule has 0 aromatic heterocycles. The van der Waals surface area contributed by atoms with Crippen LogP contribution in [0.5, 0.6) is 5.75 Å². The van der Waals surface area contributed by atoms with Gasteiger partial charge in [-0.05, 0) is 44.0 Å². The monoisotopic (exact) mass is 338 g/mol. The van der Waals surface area contributed by atoms with E-state index in [0.29, 0.717) is 30.6 Å². The Morgan fingerprint density at radius 3 is 2.50 bits per heavy atom. The van der Waals surface area contributed by atoms with E-state index in [1.807, 2.05) is 0 Å². The van der Waals surface area contributed by atoms with E-state index in [-0.39, 0.29) is 5.78 Å². The summed E-state index contributed by atoms with van der Waals surface area (Å²) in [5.74, 6) is -2.62. The summed E-state index contributed by atoms with van der Waals surface area (Å²) in [6.45, 7) is 1.34. The summed E-state index contributed by atoms with van der Waals surface area (Å²) in [4.78, 5) is 33.8. The van der Waals surface area contributed by atoms with Crippen LogP contribution in [0.3, 0.4) is 0 Å². The predicted octanol–water partition coefficient (Wildman–Crippen LogP) is 1.88. The second kappa shape index (κ2) is 7.74. The fourth-order valence-corrected chi connectivity index (χ4v) is 2.71. The first-order valence-electron chi connectivity index (χ1n) is 7.71. The molecule has 24 heavy (non-hydrogen) atoms. The number of rotatable bonds is 7. The zero-order valence-electron chi connectivity index (χ0n) is 14.0. The zero-order valence-corrected chi connectivity index (χ0v) is 14.0. The highest BCUT2D eigenvalue weighted by molar-refractivity contribution is 5.96. The molecule has 1 heterocycles. The molecular formula is C17H22O7. The number of hydrogen-bond donors (Lipinski definition) is 1. The van der Waals surface area contributed by atoms with E-state index in [0.717, 1.165) is 0 Å². The molecule has 0 radical (unpaired) electrons. The molecule has 0 saturated carbocycles. The first-order valence-corrected chi connectivity index (χ1v) is 7.71. The summed E-state index contributed by atoms with van der Waals surface area (Å²) in [6.07, 6.45) is 0.513. The lowest BCUT2D eigenvalue weighted by atomic mass is 9.91. The number of ether oxygens (including phenoxy) is 2. The summed E-state index contributed by atoms with van der Waals surface area (Å²) in [5.41, 5.74) is 0.593.